The van der Waals surface area contributed by atoms with E-state index in [1.165, 1.54) is 6.07 Å². The number of nitrogens with one attached hydrogen (secondary N) is 1. The van der Waals surface area contributed by atoms with Crippen molar-refractivity contribution in [2.24, 2.45) is 0 Å². The van der Waals surface area contributed by atoms with Gasteiger partial charge in [-0.3, -0.25) is 0 Å². The van der Waals surface area contributed by atoms with Crippen LogP contribution in [0.1, 0.15) is 31.5 Å². The summed E-state index contributed by atoms with van der Waals surface area (Å²) in [5.41, 5.74) is 0.00873. The molecule has 0 saturated carbocycles. The summed E-state index contributed by atoms with van der Waals surface area (Å²) in [7, 11) is -3.62. The molecule has 1 N–H and O–H groups in total. The molecule has 3 aromatic rings. The van der Waals surface area contributed by atoms with Gasteiger partial charge in [-0.25, -0.2) is 13.1 Å². The van der Waals surface area contributed by atoms with Crippen molar-refractivity contribution in [3.63, 3.8) is 0 Å². The van der Waals surface area contributed by atoms with Gasteiger partial charge in [0.1, 0.15) is 0 Å². The Morgan fingerprint density at radius 3 is 2.68 bits per heavy atom. The molecule has 0 aliphatic rings. The van der Waals surface area contributed by atoms with Gasteiger partial charge in [0, 0.05) is 22.4 Å². The highest BCUT2D eigenvalue weighted by Gasteiger charge is 2.22. The molecule has 25 heavy (non-hydrogen) atoms. The Bertz CT molecular complexity index is 955. The van der Waals surface area contributed by atoms with Crippen molar-refractivity contribution in [3.8, 4) is 11.5 Å². The molecule has 0 spiro atoms. The van der Waals surface area contributed by atoms with Gasteiger partial charge >= 0.3 is 0 Å². The molecule has 1 aromatic carbocycles. The molecule has 8 heteroatoms. The van der Waals surface area contributed by atoms with Gasteiger partial charge in [0.05, 0.1) is 4.90 Å². The van der Waals surface area contributed by atoms with Crippen LogP contribution in [0.4, 0.5) is 0 Å². The van der Waals surface area contributed by atoms with Gasteiger partial charge in [-0.2, -0.15) is 4.98 Å². The first-order valence-corrected chi connectivity index (χ1v) is 10.1. The SMILES string of the molecule is CC(C)(C)NS(=O)(=O)c1cccc(-c2nc(Cc3cccs3)no2)c1. The summed E-state index contributed by atoms with van der Waals surface area (Å²) in [5.74, 6) is 0.873. The van der Waals surface area contributed by atoms with E-state index in [0.29, 0.717) is 23.7 Å². The summed E-state index contributed by atoms with van der Waals surface area (Å²) in [5, 5.41) is 5.97. The lowest BCUT2D eigenvalue weighted by molar-refractivity contribution is 0.424. The number of hydrogen-bond acceptors (Lipinski definition) is 6. The second kappa shape index (κ2) is 6.70. The number of benzene rings is 1. The molecule has 0 fully saturated rings. The van der Waals surface area contributed by atoms with Crippen molar-refractivity contribution >= 4 is 21.4 Å². The van der Waals surface area contributed by atoms with E-state index in [1.54, 1.807) is 50.3 Å². The fourth-order valence-corrected chi connectivity index (χ4v) is 4.44. The van der Waals surface area contributed by atoms with E-state index < -0.39 is 15.6 Å². The van der Waals surface area contributed by atoms with Gasteiger partial charge in [0.25, 0.3) is 5.89 Å². The lowest BCUT2D eigenvalue weighted by Crippen LogP contribution is -2.40. The van der Waals surface area contributed by atoms with Crippen LogP contribution in [0.2, 0.25) is 0 Å². The Morgan fingerprint density at radius 1 is 1.20 bits per heavy atom. The van der Waals surface area contributed by atoms with Crippen LogP contribution >= 0.6 is 11.3 Å². The van der Waals surface area contributed by atoms with Crippen LogP contribution in [-0.4, -0.2) is 24.1 Å². The quantitative estimate of drug-likeness (QED) is 0.736. The first kappa shape index (κ1) is 17.8. The molecule has 0 atom stereocenters. The zero-order valence-corrected chi connectivity index (χ0v) is 15.8. The first-order chi connectivity index (χ1) is 11.7. The molecule has 2 heterocycles. The van der Waals surface area contributed by atoms with E-state index in [4.69, 9.17) is 4.52 Å². The maximum Gasteiger partial charge on any atom is 0.257 e. The molecule has 0 aliphatic carbocycles. The minimum atomic E-state index is -3.62. The summed E-state index contributed by atoms with van der Waals surface area (Å²) in [6.07, 6.45) is 0.588. The zero-order chi connectivity index (χ0) is 18.1. The Balaban J connectivity index is 1.86. The Kier molecular flexibility index (Phi) is 4.77. The van der Waals surface area contributed by atoms with Crippen LogP contribution in [0.25, 0.3) is 11.5 Å². The third-order valence-electron chi connectivity index (χ3n) is 3.21. The zero-order valence-electron chi connectivity index (χ0n) is 14.2. The average Bonchev–Trinajstić information content (AvgIpc) is 3.17. The minimum Gasteiger partial charge on any atom is -0.334 e. The molecule has 0 amide bonds. The maximum absolute atomic E-state index is 12.5. The highest BCUT2D eigenvalue weighted by molar-refractivity contribution is 7.89. The van der Waals surface area contributed by atoms with E-state index in [-0.39, 0.29) is 4.90 Å². The molecular formula is C17H19N3O3S2. The molecule has 132 valence electrons. The summed E-state index contributed by atoms with van der Waals surface area (Å²) in [4.78, 5) is 5.67. The van der Waals surface area contributed by atoms with E-state index in [0.717, 1.165) is 4.88 Å². The lowest BCUT2D eigenvalue weighted by Gasteiger charge is -2.20. The third-order valence-corrected chi connectivity index (χ3v) is 5.84. The lowest BCUT2D eigenvalue weighted by atomic mass is 10.1. The van der Waals surface area contributed by atoms with Gasteiger partial charge in [-0.15, -0.1) is 11.3 Å². The largest absolute Gasteiger partial charge is 0.334 e. The molecular weight excluding hydrogens is 358 g/mol. The summed E-state index contributed by atoms with van der Waals surface area (Å²) < 4.78 is 32.9. The second-order valence-corrected chi connectivity index (χ2v) is 9.37. The topological polar surface area (TPSA) is 85.1 Å². The fraction of sp³-hybridized carbons (Fsp3) is 0.294. The Labute approximate surface area is 151 Å². The number of rotatable bonds is 5. The minimum absolute atomic E-state index is 0.165. The van der Waals surface area contributed by atoms with E-state index in [2.05, 4.69) is 14.9 Å². The van der Waals surface area contributed by atoms with Crippen molar-refractivity contribution in [3.05, 3.63) is 52.5 Å². The first-order valence-electron chi connectivity index (χ1n) is 7.72. The average molecular weight is 377 g/mol. The summed E-state index contributed by atoms with van der Waals surface area (Å²) in [6.45, 7) is 5.38. The van der Waals surface area contributed by atoms with Crippen LogP contribution in [0.5, 0.6) is 0 Å². The van der Waals surface area contributed by atoms with Crippen molar-refractivity contribution in [2.45, 2.75) is 37.6 Å². The van der Waals surface area contributed by atoms with Gasteiger partial charge in [-0.1, -0.05) is 17.3 Å². The molecule has 0 aliphatic heterocycles. The Morgan fingerprint density at radius 2 is 2.00 bits per heavy atom. The highest BCUT2D eigenvalue weighted by atomic mass is 32.2. The van der Waals surface area contributed by atoms with Gasteiger partial charge in [0.15, 0.2) is 5.82 Å². The number of aromatic nitrogens is 2. The van der Waals surface area contributed by atoms with Crippen LogP contribution in [0, 0.1) is 0 Å². The number of sulfonamides is 1. The number of nitrogens with zero attached hydrogens (tertiary/aromatic N) is 2. The molecule has 0 unspecified atom stereocenters. The molecule has 0 bridgehead atoms. The van der Waals surface area contributed by atoms with Crippen LogP contribution in [0.15, 0.2) is 51.2 Å². The van der Waals surface area contributed by atoms with E-state index in [1.807, 2.05) is 17.5 Å². The highest BCUT2D eigenvalue weighted by Crippen LogP contribution is 2.23. The van der Waals surface area contributed by atoms with E-state index in [9.17, 15) is 8.42 Å². The summed E-state index contributed by atoms with van der Waals surface area (Å²) >= 11 is 1.62. The van der Waals surface area contributed by atoms with Gasteiger partial charge in [0.2, 0.25) is 10.0 Å². The number of hydrogen-bond donors (Lipinski definition) is 1. The maximum atomic E-state index is 12.5. The van der Waals surface area contributed by atoms with Crippen LogP contribution < -0.4 is 4.72 Å². The predicted octanol–water partition coefficient (Wildman–Crippen LogP) is 3.47. The van der Waals surface area contributed by atoms with Crippen LogP contribution in [0.3, 0.4) is 0 Å². The van der Waals surface area contributed by atoms with Crippen molar-refractivity contribution in [1.29, 1.82) is 0 Å². The standard InChI is InChI=1S/C17H19N3O3S2/c1-17(2,3)20-25(21,22)14-8-4-6-12(10-14)16-18-15(19-23-16)11-13-7-5-9-24-13/h4-10,20H,11H2,1-3H3. The second-order valence-electron chi connectivity index (χ2n) is 6.66. The van der Waals surface area contributed by atoms with E-state index >= 15 is 0 Å². The van der Waals surface area contributed by atoms with Crippen molar-refractivity contribution in [1.82, 2.24) is 14.9 Å². The monoisotopic (exact) mass is 377 g/mol. The predicted molar refractivity (Wildman–Crippen MR) is 96.9 cm³/mol. The van der Waals surface area contributed by atoms with Gasteiger partial charge in [-0.05, 0) is 50.4 Å². The number of thiophene rings is 1. The molecule has 0 radical (unpaired) electrons. The molecule has 6 nitrogen and oxygen atoms in total. The summed E-state index contributed by atoms with van der Waals surface area (Å²) in [6, 6.07) is 10.5. The normalized spacial score (nSPS) is 12.4. The molecule has 2 aromatic heterocycles. The van der Waals surface area contributed by atoms with Crippen molar-refractivity contribution < 1.29 is 12.9 Å². The third kappa shape index (κ3) is 4.53. The Hall–Kier alpha value is -2.03. The van der Waals surface area contributed by atoms with Crippen molar-refractivity contribution in [2.75, 3.05) is 0 Å². The molecule has 3 rings (SSSR count). The van der Waals surface area contributed by atoms with Gasteiger partial charge < -0.3 is 4.52 Å². The fourth-order valence-electron chi connectivity index (χ4n) is 2.27. The molecule has 0 saturated heterocycles. The smallest absolute Gasteiger partial charge is 0.257 e. The van der Waals surface area contributed by atoms with Crippen LogP contribution in [-0.2, 0) is 16.4 Å².